The molecule has 0 aliphatic heterocycles. The third kappa shape index (κ3) is 1.69. The molecular weight excluding hydrogens is 170 g/mol. The van der Waals surface area contributed by atoms with E-state index in [1.165, 1.54) is 30.4 Å². The fraction of sp³-hybridized carbons (Fsp3) is 0.538. The molecule has 0 heterocycles. The van der Waals surface area contributed by atoms with Crippen LogP contribution in [0.5, 0.6) is 0 Å². The van der Waals surface area contributed by atoms with Crippen LogP contribution in [0.4, 0.5) is 0 Å². The molecule has 0 saturated heterocycles. The first-order valence-electron chi connectivity index (χ1n) is 5.66. The van der Waals surface area contributed by atoms with Crippen LogP contribution in [0.3, 0.4) is 0 Å². The lowest BCUT2D eigenvalue weighted by Crippen LogP contribution is -2.26. The molecule has 0 bridgehead atoms. The van der Waals surface area contributed by atoms with Crippen LogP contribution < -0.4 is 5.73 Å². The molecule has 0 aromatic heterocycles. The predicted molar refractivity (Wildman–Crippen MR) is 60.4 cm³/mol. The number of rotatable bonds is 3. The molecule has 1 aromatic rings. The van der Waals surface area contributed by atoms with Crippen LogP contribution in [0.15, 0.2) is 24.3 Å². The molecular formula is C13H19N. The van der Waals surface area contributed by atoms with E-state index in [9.17, 15) is 0 Å². The monoisotopic (exact) mass is 189 g/mol. The van der Waals surface area contributed by atoms with Crippen LogP contribution in [0.1, 0.15) is 43.2 Å². The van der Waals surface area contributed by atoms with E-state index in [1.54, 1.807) is 0 Å². The third-order valence-electron chi connectivity index (χ3n) is 3.32. The van der Waals surface area contributed by atoms with Crippen LogP contribution in [0.2, 0.25) is 0 Å². The van der Waals surface area contributed by atoms with Gasteiger partial charge >= 0.3 is 0 Å². The highest BCUT2D eigenvalue weighted by molar-refractivity contribution is 5.35. The summed E-state index contributed by atoms with van der Waals surface area (Å²) in [5.74, 6) is 0.617. The van der Waals surface area contributed by atoms with Crippen LogP contribution in [-0.4, -0.2) is 6.04 Å². The average molecular weight is 189 g/mol. The van der Waals surface area contributed by atoms with Crippen LogP contribution in [0, 0.1) is 0 Å². The lowest BCUT2D eigenvalue weighted by atomic mass is 9.91. The van der Waals surface area contributed by atoms with Crippen molar-refractivity contribution in [2.75, 3.05) is 0 Å². The van der Waals surface area contributed by atoms with Crippen LogP contribution in [0.25, 0.3) is 0 Å². The van der Waals surface area contributed by atoms with Gasteiger partial charge < -0.3 is 5.73 Å². The smallest absolute Gasteiger partial charge is 0.0108 e. The van der Waals surface area contributed by atoms with Crippen molar-refractivity contribution < 1.29 is 0 Å². The standard InChI is InChI=1S/C13H19N/c1-2-5-13(14)12-9-8-10-6-3-4-7-11(10)12/h3-4,6-7,12-13H,2,5,8-9,14H2,1H3/t12?,13-/m0/s1. The molecule has 1 aliphatic carbocycles. The molecule has 1 aliphatic rings. The van der Waals surface area contributed by atoms with Crippen molar-refractivity contribution in [1.82, 2.24) is 0 Å². The third-order valence-corrected chi connectivity index (χ3v) is 3.32. The number of hydrogen-bond donors (Lipinski definition) is 1. The van der Waals surface area contributed by atoms with Gasteiger partial charge in [0, 0.05) is 6.04 Å². The predicted octanol–water partition coefficient (Wildman–Crippen LogP) is 2.84. The van der Waals surface area contributed by atoms with Crippen molar-refractivity contribution in [1.29, 1.82) is 0 Å². The van der Waals surface area contributed by atoms with Crippen molar-refractivity contribution in [3.8, 4) is 0 Å². The number of hydrogen-bond acceptors (Lipinski definition) is 1. The lowest BCUT2D eigenvalue weighted by molar-refractivity contribution is 0.492. The summed E-state index contributed by atoms with van der Waals surface area (Å²) in [6.07, 6.45) is 4.82. The minimum atomic E-state index is 0.364. The number of nitrogens with two attached hydrogens (primary N) is 1. The fourth-order valence-corrected chi connectivity index (χ4v) is 2.57. The van der Waals surface area contributed by atoms with Gasteiger partial charge in [0.25, 0.3) is 0 Å². The van der Waals surface area contributed by atoms with E-state index in [0.29, 0.717) is 12.0 Å². The van der Waals surface area contributed by atoms with Gasteiger partial charge in [-0.1, -0.05) is 37.6 Å². The summed E-state index contributed by atoms with van der Waals surface area (Å²) in [4.78, 5) is 0. The second kappa shape index (κ2) is 4.14. The summed E-state index contributed by atoms with van der Waals surface area (Å²) in [6.45, 7) is 2.21. The highest BCUT2D eigenvalue weighted by atomic mass is 14.7. The lowest BCUT2D eigenvalue weighted by Gasteiger charge is -2.19. The molecule has 1 heteroatoms. The molecule has 1 aromatic carbocycles. The highest BCUT2D eigenvalue weighted by Crippen LogP contribution is 2.35. The fourth-order valence-electron chi connectivity index (χ4n) is 2.57. The SMILES string of the molecule is CCC[C@H](N)C1CCc2ccccc21. The number of benzene rings is 1. The van der Waals surface area contributed by atoms with Crippen molar-refractivity contribution in [2.24, 2.45) is 5.73 Å². The Bertz CT molecular complexity index is 306. The van der Waals surface area contributed by atoms with Crippen molar-refractivity contribution in [2.45, 2.75) is 44.6 Å². The van der Waals surface area contributed by atoms with Crippen molar-refractivity contribution in [3.05, 3.63) is 35.4 Å². The molecule has 2 atom stereocenters. The Morgan fingerprint density at radius 1 is 1.43 bits per heavy atom. The second-order valence-electron chi connectivity index (χ2n) is 4.30. The van der Waals surface area contributed by atoms with Gasteiger partial charge in [0.2, 0.25) is 0 Å². The van der Waals surface area contributed by atoms with E-state index >= 15 is 0 Å². The van der Waals surface area contributed by atoms with Gasteiger partial charge in [-0.25, -0.2) is 0 Å². The minimum absolute atomic E-state index is 0.364. The maximum Gasteiger partial charge on any atom is 0.0108 e. The van der Waals surface area contributed by atoms with Gasteiger partial charge in [-0.05, 0) is 36.3 Å². The summed E-state index contributed by atoms with van der Waals surface area (Å²) >= 11 is 0. The van der Waals surface area contributed by atoms with Gasteiger partial charge in [0.1, 0.15) is 0 Å². The zero-order valence-electron chi connectivity index (χ0n) is 8.87. The normalized spacial score (nSPS) is 22.0. The van der Waals surface area contributed by atoms with Crippen molar-refractivity contribution >= 4 is 0 Å². The molecule has 14 heavy (non-hydrogen) atoms. The summed E-state index contributed by atoms with van der Waals surface area (Å²) in [6, 6.07) is 9.13. The van der Waals surface area contributed by atoms with E-state index in [4.69, 9.17) is 5.73 Å². The van der Waals surface area contributed by atoms with E-state index < -0.39 is 0 Å². The molecule has 0 spiro atoms. The topological polar surface area (TPSA) is 26.0 Å². The van der Waals surface area contributed by atoms with Gasteiger partial charge in [-0.3, -0.25) is 0 Å². The Morgan fingerprint density at radius 2 is 2.21 bits per heavy atom. The molecule has 0 fully saturated rings. The largest absolute Gasteiger partial charge is 0.327 e. The summed E-state index contributed by atoms with van der Waals surface area (Å²) in [5, 5.41) is 0. The van der Waals surface area contributed by atoms with E-state index in [0.717, 1.165) is 6.42 Å². The first-order valence-corrected chi connectivity index (χ1v) is 5.66. The molecule has 2 N–H and O–H groups in total. The Balaban J connectivity index is 2.17. The maximum absolute atomic E-state index is 6.20. The first-order chi connectivity index (χ1) is 6.83. The Morgan fingerprint density at radius 3 is 3.00 bits per heavy atom. The van der Waals surface area contributed by atoms with Gasteiger partial charge in [-0.15, -0.1) is 0 Å². The van der Waals surface area contributed by atoms with E-state index in [1.807, 2.05) is 0 Å². The number of aryl methyl sites for hydroxylation is 1. The van der Waals surface area contributed by atoms with Crippen molar-refractivity contribution in [3.63, 3.8) is 0 Å². The molecule has 2 rings (SSSR count). The Hall–Kier alpha value is -0.820. The zero-order valence-corrected chi connectivity index (χ0v) is 8.87. The maximum atomic E-state index is 6.20. The van der Waals surface area contributed by atoms with E-state index in [-0.39, 0.29) is 0 Å². The zero-order chi connectivity index (χ0) is 9.97. The quantitative estimate of drug-likeness (QED) is 0.777. The van der Waals surface area contributed by atoms with Gasteiger partial charge in [0.05, 0.1) is 0 Å². The van der Waals surface area contributed by atoms with Gasteiger partial charge in [-0.2, -0.15) is 0 Å². The van der Waals surface area contributed by atoms with Crippen LogP contribution in [-0.2, 0) is 6.42 Å². The first kappa shape index (κ1) is 9.72. The second-order valence-corrected chi connectivity index (χ2v) is 4.30. The highest BCUT2D eigenvalue weighted by Gasteiger charge is 2.26. The molecule has 76 valence electrons. The van der Waals surface area contributed by atoms with Crippen LogP contribution >= 0.6 is 0 Å². The summed E-state index contributed by atoms with van der Waals surface area (Å²) < 4.78 is 0. The molecule has 0 radical (unpaired) electrons. The molecule has 0 saturated carbocycles. The molecule has 1 nitrogen and oxygen atoms in total. The Kier molecular flexibility index (Phi) is 2.87. The average Bonchev–Trinajstić information content (AvgIpc) is 2.61. The molecule has 0 amide bonds. The Labute approximate surface area is 86.3 Å². The summed E-state index contributed by atoms with van der Waals surface area (Å²) in [5.41, 5.74) is 9.23. The summed E-state index contributed by atoms with van der Waals surface area (Å²) in [7, 11) is 0. The number of fused-ring (bicyclic) bond motifs is 1. The minimum Gasteiger partial charge on any atom is -0.327 e. The molecule has 1 unspecified atom stereocenters. The van der Waals surface area contributed by atoms with Gasteiger partial charge in [0.15, 0.2) is 0 Å². The van der Waals surface area contributed by atoms with E-state index in [2.05, 4.69) is 31.2 Å².